The van der Waals surface area contributed by atoms with Crippen molar-refractivity contribution >= 4 is 11.6 Å². The number of ether oxygens (including phenoxy) is 3. The van der Waals surface area contributed by atoms with Gasteiger partial charge in [-0.25, -0.2) is 0 Å². The van der Waals surface area contributed by atoms with E-state index in [2.05, 4.69) is 0 Å². The number of carbonyl (C=O) groups excluding carboxylic acids is 1. The quantitative estimate of drug-likeness (QED) is 0.822. The van der Waals surface area contributed by atoms with E-state index in [1.54, 1.807) is 36.4 Å². The van der Waals surface area contributed by atoms with Gasteiger partial charge >= 0.3 is 0 Å². The zero-order chi connectivity index (χ0) is 15.4. The van der Waals surface area contributed by atoms with Gasteiger partial charge in [0, 0.05) is 17.7 Å². The minimum atomic E-state index is -0.493. The van der Waals surface area contributed by atoms with Crippen LogP contribution in [0.1, 0.15) is 10.4 Å². The fourth-order valence-corrected chi connectivity index (χ4v) is 1.78. The number of methoxy groups -OCH3 is 2. The van der Waals surface area contributed by atoms with Gasteiger partial charge in [-0.15, -0.1) is 0 Å². The van der Waals surface area contributed by atoms with Gasteiger partial charge in [0.1, 0.15) is 5.75 Å². The zero-order valence-electron chi connectivity index (χ0n) is 11.8. The van der Waals surface area contributed by atoms with E-state index in [1.165, 1.54) is 14.2 Å². The van der Waals surface area contributed by atoms with Gasteiger partial charge in [-0.1, -0.05) is 0 Å². The molecule has 0 unspecified atom stereocenters. The number of rotatable bonds is 5. The fourth-order valence-electron chi connectivity index (χ4n) is 1.78. The summed E-state index contributed by atoms with van der Waals surface area (Å²) in [6.45, 7) is 0. The summed E-state index contributed by atoms with van der Waals surface area (Å²) < 4.78 is 16.0. The van der Waals surface area contributed by atoms with E-state index in [-0.39, 0.29) is 0 Å². The Bertz CT molecular complexity index is 653. The molecule has 0 radical (unpaired) electrons. The zero-order valence-corrected chi connectivity index (χ0v) is 11.8. The largest absolute Gasteiger partial charge is 0.493 e. The molecular formula is C15H16N2O4. The van der Waals surface area contributed by atoms with Crippen molar-refractivity contribution in [2.45, 2.75) is 0 Å². The van der Waals surface area contributed by atoms with Gasteiger partial charge in [-0.2, -0.15) is 0 Å². The van der Waals surface area contributed by atoms with Crippen molar-refractivity contribution in [3.05, 3.63) is 42.0 Å². The lowest BCUT2D eigenvalue weighted by Gasteiger charge is -2.13. The van der Waals surface area contributed by atoms with Gasteiger partial charge in [0.2, 0.25) is 5.91 Å². The highest BCUT2D eigenvalue weighted by atomic mass is 16.5. The maximum Gasteiger partial charge on any atom is 0.248 e. The molecule has 0 aromatic heterocycles. The standard InChI is InChI=1S/C15H16N2O4/c1-19-13-7-11(16)12(8-14(13)20-2)21-10-5-3-9(4-6-10)15(17)18/h3-8H,16H2,1-2H3,(H2,17,18). The molecule has 0 heterocycles. The fraction of sp³-hybridized carbons (Fsp3) is 0.133. The number of anilines is 1. The normalized spacial score (nSPS) is 10.0. The minimum Gasteiger partial charge on any atom is -0.493 e. The lowest BCUT2D eigenvalue weighted by molar-refractivity contribution is 0.100. The van der Waals surface area contributed by atoms with Gasteiger partial charge in [0.25, 0.3) is 0 Å². The first kappa shape index (κ1) is 14.5. The van der Waals surface area contributed by atoms with Crippen LogP contribution < -0.4 is 25.7 Å². The minimum absolute atomic E-state index is 0.405. The van der Waals surface area contributed by atoms with Crippen molar-refractivity contribution in [3.8, 4) is 23.0 Å². The third kappa shape index (κ3) is 3.17. The van der Waals surface area contributed by atoms with E-state index in [9.17, 15) is 4.79 Å². The van der Waals surface area contributed by atoms with Crippen LogP contribution in [0.25, 0.3) is 0 Å². The summed E-state index contributed by atoms with van der Waals surface area (Å²) in [5.74, 6) is 1.49. The summed E-state index contributed by atoms with van der Waals surface area (Å²) >= 11 is 0. The Morgan fingerprint density at radius 1 is 0.952 bits per heavy atom. The maximum absolute atomic E-state index is 11.0. The molecule has 6 heteroatoms. The van der Waals surface area contributed by atoms with Crippen LogP contribution in [0.4, 0.5) is 5.69 Å². The second-order valence-corrected chi connectivity index (χ2v) is 4.24. The first-order valence-corrected chi connectivity index (χ1v) is 6.14. The Kier molecular flexibility index (Phi) is 4.18. The molecule has 21 heavy (non-hydrogen) atoms. The van der Waals surface area contributed by atoms with Crippen LogP contribution in [0.15, 0.2) is 36.4 Å². The summed E-state index contributed by atoms with van der Waals surface area (Å²) in [5, 5.41) is 0. The first-order chi connectivity index (χ1) is 10.0. The highest BCUT2D eigenvalue weighted by molar-refractivity contribution is 5.92. The molecule has 2 rings (SSSR count). The van der Waals surface area contributed by atoms with Crippen LogP contribution in [0, 0.1) is 0 Å². The van der Waals surface area contributed by atoms with Crippen molar-refractivity contribution in [2.75, 3.05) is 20.0 Å². The van der Waals surface area contributed by atoms with Crippen molar-refractivity contribution in [2.24, 2.45) is 5.73 Å². The summed E-state index contributed by atoms with van der Waals surface area (Å²) in [6, 6.07) is 9.68. The number of nitrogens with two attached hydrogens (primary N) is 2. The van der Waals surface area contributed by atoms with Gasteiger partial charge in [-0.3, -0.25) is 4.79 Å². The number of nitrogen functional groups attached to an aromatic ring is 1. The topological polar surface area (TPSA) is 96.8 Å². The molecule has 0 saturated carbocycles. The smallest absolute Gasteiger partial charge is 0.248 e. The molecule has 2 aromatic rings. The van der Waals surface area contributed by atoms with Gasteiger partial charge in [-0.05, 0) is 24.3 Å². The summed E-state index contributed by atoms with van der Waals surface area (Å²) in [4.78, 5) is 11.0. The maximum atomic E-state index is 11.0. The van der Waals surface area contributed by atoms with Crippen LogP contribution >= 0.6 is 0 Å². The summed E-state index contributed by atoms with van der Waals surface area (Å²) in [5.41, 5.74) is 11.9. The molecule has 0 aliphatic rings. The highest BCUT2D eigenvalue weighted by Crippen LogP contribution is 2.38. The number of hydrogen-bond donors (Lipinski definition) is 2. The molecule has 0 saturated heterocycles. The molecule has 2 aromatic carbocycles. The first-order valence-electron chi connectivity index (χ1n) is 6.14. The number of carbonyl (C=O) groups is 1. The second kappa shape index (κ2) is 6.04. The van der Waals surface area contributed by atoms with Gasteiger partial charge in [0.15, 0.2) is 17.2 Å². The molecule has 1 amide bonds. The SMILES string of the molecule is COc1cc(N)c(Oc2ccc(C(N)=O)cc2)cc1OC. The Labute approximate surface area is 122 Å². The van der Waals surface area contributed by atoms with Crippen molar-refractivity contribution in [3.63, 3.8) is 0 Å². The van der Waals surface area contributed by atoms with Crippen LogP contribution in [0.3, 0.4) is 0 Å². The molecular weight excluding hydrogens is 272 g/mol. The van der Waals surface area contributed by atoms with Crippen LogP contribution in [0.5, 0.6) is 23.0 Å². The average Bonchev–Trinajstić information content (AvgIpc) is 2.49. The van der Waals surface area contributed by atoms with E-state index < -0.39 is 5.91 Å². The van der Waals surface area contributed by atoms with Crippen LogP contribution in [0.2, 0.25) is 0 Å². The average molecular weight is 288 g/mol. The van der Waals surface area contributed by atoms with E-state index in [0.29, 0.717) is 34.2 Å². The number of hydrogen-bond acceptors (Lipinski definition) is 5. The second-order valence-electron chi connectivity index (χ2n) is 4.24. The van der Waals surface area contributed by atoms with Crippen LogP contribution in [-0.4, -0.2) is 20.1 Å². The van der Waals surface area contributed by atoms with Crippen molar-refractivity contribution in [1.29, 1.82) is 0 Å². The molecule has 0 spiro atoms. The molecule has 0 atom stereocenters. The Morgan fingerprint density at radius 3 is 2.05 bits per heavy atom. The molecule has 0 bridgehead atoms. The predicted octanol–water partition coefficient (Wildman–Crippen LogP) is 2.18. The molecule has 6 nitrogen and oxygen atoms in total. The molecule has 0 aliphatic heterocycles. The molecule has 110 valence electrons. The monoisotopic (exact) mass is 288 g/mol. The van der Waals surface area contributed by atoms with Gasteiger partial charge < -0.3 is 25.7 Å². The van der Waals surface area contributed by atoms with E-state index in [1.807, 2.05) is 0 Å². The summed E-state index contributed by atoms with van der Waals surface area (Å²) in [6.07, 6.45) is 0. The van der Waals surface area contributed by atoms with E-state index >= 15 is 0 Å². The van der Waals surface area contributed by atoms with E-state index in [4.69, 9.17) is 25.7 Å². The summed E-state index contributed by atoms with van der Waals surface area (Å²) in [7, 11) is 3.06. The number of primary amides is 1. The van der Waals surface area contributed by atoms with Gasteiger partial charge in [0.05, 0.1) is 19.9 Å². The molecule has 4 N–H and O–H groups in total. The highest BCUT2D eigenvalue weighted by Gasteiger charge is 2.11. The lowest BCUT2D eigenvalue weighted by atomic mass is 10.2. The van der Waals surface area contributed by atoms with E-state index in [0.717, 1.165) is 0 Å². The van der Waals surface area contributed by atoms with Crippen molar-refractivity contribution in [1.82, 2.24) is 0 Å². The Hall–Kier alpha value is -2.89. The lowest BCUT2D eigenvalue weighted by Crippen LogP contribution is -2.10. The molecule has 0 fully saturated rings. The predicted molar refractivity (Wildman–Crippen MR) is 79.0 cm³/mol. The Balaban J connectivity index is 2.28. The third-order valence-corrected chi connectivity index (χ3v) is 2.88. The number of benzene rings is 2. The third-order valence-electron chi connectivity index (χ3n) is 2.88. The van der Waals surface area contributed by atoms with Crippen LogP contribution in [-0.2, 0) is 0 Å². The Morgan fingerprint density at radius 2 is 1.52 bits per heavy atom. The number of amides is 1. The molecule has 0 aliphatic carbocycles. The van der Waals surface area contributed by atoms with Crippen molar-refractivity contribution < 1.29 is 19.0 Å².